The Hall–Kier alpha value is -1.58. The summed E-state index contributed by atoms with van der Waals surface area (Å²) in [5, 5.41) is 10.9. The summed E-state index contributed by atoms with van der Waals surface area (Å²) < 4.78 is 43.4. The Bertz CT molecular complexity index is 787. The Morgan fingerprint density at radius 1 is 1.24 bits per heavy atom. The molecule has 2 aromatic rings. The highest BCUT2D eigenvalue weighted by atomic mass is 35.5. The zero-order valence-corrected chi connectivity index (χ0v) is 15.1. The molecule has 0 aliphatic rings. The second kappa shape index (κ2) is 8.20. The number of alkyl halides is 3. The van der Waals surface area contributed by atoms with Crippen LogP contribution in [0.4, 0.5) is 18.9 Å². The van der Waals surface area contributed by atoms with Gasteiger partial charge in [-0.05, 0) is 24.3 Å². The Kier molecular flexibility index (Phi) is 6.47. The highest BCUT2D eigenvalue weighted by Gasteiger charge is 2.31. The van der Waals surface area contributed by atoms with Crippen LogP contribution in [0.3, 0.4) is 0 Å². The van der Waals surface area contributed by atoms with Crippen LogP contribution in [0.5, 0.6) is 11.5 Å². The van der Waals surface area contributed by atoms with Gasteiger partial charge in [0, 0.05) is 17.9 Å². The van der Waals surface area contributed by atoms with Crippen molar-refractivity contribution in [2.75, 3.05) is 5.75 Å². The molecule has 0 atom stereocenters. The van der Waals surface area contributed by atoms with Crippen molar-refractivity contribution < 1.29 is 22.8 Å². The van der Waals surface area contributed by atoms with Crippen LogP contribution in [0.25, 0.3) is 0 Å². The maximum absolute atomic E-state index is 12.6. The fraction of sp³-hybridized carbons (Fsp3) is 0.200. The molecule has 0 fully saturated rings. The first kappa shape index (κ1) is 19.7. The molecule has 0 N–H and O–H groups in total. The molecule has 0 spiro atoms. The van der Waals surface area contributed by atoms with E-state index in [2.05, 4.69) is 0 Å². The summed E-state index contributed by atoms with van der Waals surface area (Å²) in [6.45, 7) is 1.91. The SMILES string of the molecule is CCSSc1cc(Oc2ccc(C(F)(F)F)cc2Cl)ccc1[N+](=O)[O-]. The lowest BCUT2D eigenvalue weighted by Gasteiger charge is -2.12. The van der Waals surface area contributed by atoms with E-state index in [9.17, 15) is 23.3 Å². The highest BCUT2D eigenvalue weighted by molar-refractivity contribution is 8.76. The van der Waals surface area contributed by atoms with Gasteiger partial charge in [-0.3, -0.25) is 10.1 Å². The molecule has 2 rings (SSSR count). The van der Waals surface area contributed by atoms with Crippen molar-refractivity contribution in [3.8, 4) is 11.5 Å². The van der Waals surface area contributed by atoms with Gasteiger partial charge < -0.3 is 4.74 Å². The predicted molar refractivity (Wildman–Crippen MR) is 93.6 cm³/mol. The van der Waals surface area contributed by atoms with E-state index < -0.39 is 16.7 Å². The monoisotopic (exact) mass is 409 g/mol. The van der Waals surface area contributed by atoms with Crippen LogP contribution in [-0.2, 0) is 6.18 Å². The average molecular weight is 410 g/mol. The van der Waals surface area contributed by atoms with Gasteiger partial charge in [-0.15, -0.1) is 0 Å². The lowest BCUT2D eigenvalue weighted by atomic mass is 10.2. The third-order valence-corrected chi connectivity index (χ3v) is 5.64. The maximum Gasteiger partial charge on any atom is 0.416 e. The predicted octanol–water partition coefficient (Wildman–Crippen LogP) is 6.82. The summed E-state index contributed by atoms with van der Waals surface area (Å²) >= 11 is 5.85. The second-order valence-electron chi connectivity index (χ2n) is 4.62. The van der Waals surface area contributed by atoms with Crippen molar-refractivity contribution in [2.24, 2.45) is 0 Å². The molecule has 134 valence electrons. The van der Waals surface area contributed by atoms with Crippen LogP contribution in [-0.4, -0.2) is 10.7 Å². The molecule has 2 aromatic carbocycles. The highest BCUT2D eigenvalue weighted by Crippen LogP contribution is 2.41. The van der Waals surface area contributed by atoms with Gasteiger partial charge in [0.2, 0.25) is 0 Å². The van der Waals surface area contributed by atoms with Gasteiger partial charge in [-0.2, -0.15) is 13.2 Å². The molecule has 25 heavy (non-hydrogen) atoms. The average Bonchev–Trinajstić information content (AvgIpc) is 2.53. The molecule has 0 aliphatic heterocycles. The summed E-state index contributed by atoms with van der Waals surface area (Å²) in [5.41, 5.74) is -0.957. The van der Waals surface area contributed by atoms with E-state index in [1.165, 1.54) is 39.8 Å². The van der Waals surface area contributed by atoms with Crippen molar-refractivity contribution in [1.29, 1.82) is 0 Å². The summed E-state index contributed by atoms with van der Waals surface area (Å²) in [5.74, 6) is 1.02. The van der Waals surface area contributed by atoms with E-state index in [1.807, 2.05) is 6.92 Å². The first-order valence-electron chi connectivity index (χ1n) is 6.85. The number of halogens is 4. The maximum atomic E-state index is 12.6. The van der Waals surface area contributed by atoms with Crippen molar-refractivity contribution >= 4 is 38.9 Å². The summed E-state index contributed by atoms with van der Waals surface area (Å²) in [7, 11) is 2.64. The molecular weight excluding hydrogens is 399 g/mol. The number of benzene rings is 2. The summed E-state index contributed by atoms with van der Waals surface area (Å²) in [4.78, 5) is 10.9. The molecule has 4 nitrogen and oxygen atoms in total. The van der Waals surface area contributed by atoms with Gasteiger partial charge in [0.15, 0.2) is 0 Å². The van der Waals surface area contributed by atoms with Crippen LogP contribution >= 0.6 is 33.2 Å². The topological polar surface area (TPSA) is 52.4 Å². The van der Waals surface area contributed by atoms with Gasteiger partial charge in [-0.25, -0.2) is 0 Å². The van der Waals surface area contributed by atoms with Gasteiger partial charge in [0.1, 0.15) is 11.5 Å². The standard InChI is InChI=1S/C15H11ClF3NO3S2/c1-2-24-25-14-8-10(4-5-12(14)20(21)22)23-13-6-3-9(7-11(13)16)15(17,18)19/h3-8H,2H2,1H3. The van der Waals surface area contributed by atoms with Gasteiger partial charge in [0.05, 0.1) is 20.4 Å². The van der Waals surface area contributed by atoms with Gasteiger partial charge in [-0.1, -0.05) is 40.1 Å². The minimum atomic E-state index is -4.50. The van der Waals surface area contributed by atoms with Crippen LogP contribution < -0.4 is 4.74 Å². The van der Waals surface area contributed by atoms with E-state index in [4.69, 9.17) is 16.3 Å². The molecule has 0 unspecified atom stereocenters. The molecule has 0 aliphatic carbocycles. The largest absolute Gasteiger partial charge is 0.456 e. The minimum absolute atomic E-state index is 0.0302. The van der Waals surface area contributed by atoms with Crippen molar-refractivity contribution in [1.82, 2.24) is 0 Å². The number of rotatable bonds is 6. The van der Waals surface area contributed by atoms with E-state index in [0.29, 0.717) is 4.90 Å². The first-order valence-corrected chi connectivity index (χ1v) is 9.54. The van der Waals surface area contributed by atoms with E-state index >= 15 is 0 Å². The van der Waals surface area contributed by atoms with Crippen LogP contribution in [0.2, 0.25) is 5.02 Å². The molecule has 0 saturated heterocycles. The fourth-order valence-electron chi connectivity index (χ4n) is 1.78. The number of hydrogen-bond acceptors (Lipinski definition) is 5. The molecule has 0 saturated carbocycles. The van der Waals surface area contributed by atoms with Crippen LogP contribution in [0, 0.1) is 10.1 Å². The number of nitro groups is 1. The molecule has 0 radical (unpaired) electrons. The Labute approximate surface area is 154 Å². The quantitative estimate of drug-likeness (QED) is 0.297. The van der Waals surface area contributed by atoms with Gasteiger partial charge >= 0.3 is 6.18 Å². The van der Waals surface area contributed by atoms with Crippen molar-refractivity contribution in [2.45, 2.75) is 18.0 Å². The minimum Gasteiger partial charge on any atom is -0.456 e. The first-order chi connectivity index (χ1) is 11.7. The zero-order chi connectivity index (χ0) is 18.6. The normalized spacial score (nSPS) is 11.4. The summed E-state index contributed by atoms with van der Waals surface area (Å²) in [6, 6.07) is 6.85. The second-order valence-corrected chi connectivity index (χ2v) is 7.66. The molecule has 0 heterocycles. The van der Waals surface area contributed by atoms with Crippen molar-refractivity contribution in [3.63, 3.8) is 0 Å². The van der Waals surface area contributed by atoms with Gasteiger partial charge in [0.25, 0.3) is 5.69 Å². The van der Waals surface area contributed by atoms with Crippen molar-refractivity contribution in [3.05, 3.63) is 57.1 Å². The zero-order valence-electron chi connectivity index (χ0n) is 12.7. The Morgan fingerprint density at radius 3 is 2.52 bits per heavy atom. The van der Waals surface area contributed by atoms with Crippen LogP contribution in [0.15, 0.2) is 41.3 Å². The number of nitrogens with zero attached hydrogens (tertiary/aromatic N) is 1. The lowest BCUT2D eigenvalue weighted by molar-refractivity contribution is -0.387. The van der Waals surface area contributed by atoms with Crippen LogP contribution in [0.1, 0.15) is 12.5 Å². The number of hydrogen-bond donors (Lipinski definition) is 0. The molecule has 0 aromatic heterocycles. The lowest BCUT2D eigenvalue weighted by Crippen LogP contribution is -2.04. The number of ether oxygens (including phenoxy) is 1. The molecule has 0 bridgehead atoms. The summed E-state index contributed by atoms with van der Waals surface area (Å²) in [6.07, 6.45) is -4.50. The van der Waals surface area contributed by atoms with E-state index in [0.717, 1.165) is 24.0 Å². The van der Waals surface area contributed by atoms with E-state index in [-0.39, 0.29) is 22.2 Å². The Morgan fingerprint density at radius 2 is 1.96 bits per heavy atom. The van der Waals surface area contributed by atoms with E-state index in [1.54, 1.807) is 0 Å². The number of nitro benzene ring substituents is 1. The Balaban J connectivity index is 2.29. The molecular formula is C15H11ClF3NO3S2. The smallest absolute Gasteiger partial charge is 0.416 e. The third kappa shape index (κ3) is 5.20. The fourth-order valence-corrected chi connectivity index (χ4v) is 3.78. The third-order valence-electron chi connectivity index (χ3n) is 2.88. The molecule has 0 amide bonds. The molecule has 10 heteroatoms.